The van der Waals surface area contributed by atoms with Crippen LogP contribution in [0.1, 0.15) is 66.7 Å². The van der Waals surface area contributed by atoms with Crippen LogP contribution in [0.15, 0.2) is 47.9 Å². The second-order valence-corrected chi connectivity index (χ2v) is 11.7. The van der Waals surface area contributed by atoms with E-state index in [4.69, 9.17) is 23.7 Å². The number of aromatic nitrogens is 2. The highest BCUT2D eigenvalue weighted by Gasteiger charge is 2.42. The lowest BCUT2D eigenvalue weighted by Crippen LogP contribution is -2.36. The van der Waals surface area contributed by atoms with Crippen molar-refractivity contribution in [3.8, 4) is 23.0 Å². The van der Waals surface area contributed by atoms with Gasteiger partial charge in [0.1, 0.15) is 22.4 Å². The first kappa shape index (κ1) is 38.8. The number of hydrogen-bond donors (Lipinski definition) is 5. The number of hydrogen-bond acceptors (Lipinski definition) is 19. The molecule has 2 heterocycles. The molecule has 55 heavy (non-hydrogen) atoms. The zero-order valence-electron chi connectivity index (χ0n) is 29.1. The Morgan fingerprint density at radius 2 is 1.18 bits per heavy atom. The monoisotopic (exact) mass is 760 g/mol. The Bertz CT molecular complexity index is 2460. The number of rotatable bonds is 5. The molecule has 2 aromatic heterocycles. The summed E-state index contributed by atoms with van der Waals surface area (Å²) in [4.78, 5) is 91.9. The molecule has 0 aliphatic heterocycles. The number of ketones is 2. The molecule has 0 bridgehead atoms. The first-order valence-corrected chi connectivity index (χ1v) is 15.7. The van der Waals surface area contributed by atoms with E-state index in [1.165, 1.54) is 36.4 Å². The predicted molar refractivity (Wildman–Crippen MR) is 182 cm³/mol. The van der Waals surface area contributed by atoms with E-state index >= 15 is 0 Å². The number of carbonyl (C=O) groups is 7. The molecular weight excluding hydrogens is 732 g/mol. The van der Waals surface area contributed by atoms with Crippen molar-refractivity contribution < 1.29 is 82.8 Å². The molecule has 5 N–H and O–H groups in total. The van der Waals surface area contributed by atoms with Gasteiger partial charge < -0.3 is 49.2 Å². The van der Waals surface area contributed by atoms with Crippen LogP contribution in [0.2, 0.25) is 0 Å². The number of esters is 5. The highest BCUT2D eigenvalue weighted by atomic mass is 16.6. The van der Waals surface area contributed by atoms with Crippen molar-refractivity contribution in [1.82, 2.24) is 9.97 Å². The molecule has 4 aromatic rings. The van der Waals surface area contributed by atoms with Gasteiger partial charge in [0.05, 0.1) is 11.1 Å². The van der Waals surface area contributed by atoms with E-state index in [0.29, 0.717) is 5.39 Å². The smallest absolute Gasteiger partial charge is 0.308 e. The van der Waals surface area contributed by atoms with Gasteiger partial charge in [-0.25, -0.2) is 9.97 Å². The lowest BCUT2D eigenvalue weighted by Gasteiger charge is -2.26. The van der Waals surface area contributed by atoms with E-state index in [9.17, 15) is 59.1 Å². The molecule has 2 aliphatic rings. The normalized spacial score (nSPS) is 16.0. The topological polar surface area (TPSA) is 293 Å². The van der Waals surface area contributed by atoms with Gasteiger partial charge in [0.15, 0.2) is 46.4 Å². The Balaban J connectivity index is 0.000000244. The minimum Gasteiger partial charge on any atom is -0.506 e. The maximum Gasteiger partial charge on any atom is 0.308 e. The fourth-order valence-electron chi connectivity index (χ4n) is 5.41. The van der Waals surface area contributed by atoms with Gasteiger partial charge in [0.2, 0.25) is 23.4 Å². The van der Waals surface area contributed by atoms with Gasteiger partial charge in [-0.2, -0.15) is 0 Å². The largest absolute Gasteiger partial charge is 0.506 e. The van der Waals surface area contributed by atoms with Crippen molar-refractivity contribution >= 4 is 74.7 Å². The fraction of sp³-hybridized carbons (Fsp3) is 0.194. The van der Waals surface area contributed by atoms with Gasteiger partial charge in [0, 0.05) is 45.4 Å². The Morgan fingerprint density at radius 3 is 1.76 bits per heavy atom. The maximum absolute atomic E-state index is 13.3. The van der Waals surface area contributed by atoms with Crippen LogP contribution in [0, 0.1) is 0 Å². The average molecular weight is 761 g/mol. The highest BCUT2D eigenvalue weighted by Crippen LogP contribution is 2.41. The third kappa shape index (κ3) is 7.57. The Morgan fingerprint density at radius 1 is 0.636 bits per heavy atom. The van der Waals surface area contributed by atoms with Crippen LogP contribution in [0.3, 0.4) is 0 Å². The minimum absolute atomic E-state index is 0.0349. The molecule has 2 unspecified atom stereocenters. The number of aromatic hydroxyl groups is 2. The van der Waals surface area contributed by atoms with E-state index in [0.717, 1.165) is 34.6 Å². The fourth-order valence-corrected chi connectivity index (χ4v) is 5.41. The number of phenolic OH excluding ortho intramolecular Hbond substituents is 2. The number of ether oxygens (including phenoxy) is 5. The molecule has 0 fully saturated rings. The van der Waals surface area contributed by atoms with Crippen LogP contribution in [0.4, 0.5) is 0 Å². The molecule has 19 nitrogen and oxygen atoms in total. The Hall–Kier alpha value is -7.41. The third-order valence-corrected chi connectivity index (χ3v) is 7.55. The molecule has 284 valence electrons. The molecule has 2 aromatic carbocycles. The molecule has 6 rings (SSSR count). The van der Waals surface area contributed by atoms with Gasteiger partial charge in [-0.1, -0.05) is 0 Å². The van der Waals surface area contributed by atoms with E-state index in [2.05, 4.69) is 9.97 Å². The molecule has 2 aliphatic carbocycles. The van der Waals surface area contributed by atoms with Crippen molar-refractivity contribution in [2.24, 2.45) is 0 Å². The van der Waals surface area contributed by atoms with E-state index in [1.807, 2.05) is 0 Å². The summed E-state index contributed by atoms with van der Waals surface area (Å²) < 4.78 is 25.7. The summed E-state index contributed by atoms with van der Waals surface area (Å²) >= 11 is 0. The van der Waals surface area contributed by atoms with Crippen LogP contribution >= 0.6 is 0 Å². The van der Waals surface area contributed by atoms with Crippen molar-refractivity contribution in [3.05, 3.63) is 70.4 Å². The van der Waals surface area contributed by atoms with E-state index in [-0.39, 0.29) is 50.4 Å². The molecule has 0 radical (unpaired) electrons. The van der Waals surface area contributed by atoms with Crippen LogP contribution in [-0.2, 0) is 38.2 Å². The molecule has 19 heteroatoms. The summed E-state index contributed by atoms with van der Waals surface area (Å²) in [5.41, 5.74) is -0.803. The standard InChI is InChI=1S/C23H19NO11.C13H9NO6/c1-9(25)31-16-7-6-14-8-15-18(24-17(14)20(16)32-10(2)26)21(33-11(3)27)23(35-13(5)29)22(19(15)30)34-12(4)28;15-6-2-1-4-3-5-8(14-7(4)10(6)17)11(18)13(20)12(19)9(5)16/h6-8,22H,1-5H3;1-3,12,15,17-20H. The number of carbonyl (C=O) groups excluding carboxylic acids is 7. The maximum atomic E-state index is 13.3. The third-order valence-electron chi connectivity index (χ3n) is 7.55. The predicted octanol–water partition coefficient (Wildman–Crippen LogP) is 3.00. The van der Waals surface area contributed by atoms with Crippen molar-refractivity contribution in [2.75, 3.05) is 0 Å². The molecular formula is C36H28N2O17. The zero-order chi connectivity index (χ0) is 40.6. The summed E-state index contributed by atoms with van der Waals surface area (Å²) in [5.74, 6) is -9.62. The minimum atomic E-state index is -1.84. The molecule has 2 atom stereocenters. The SMILES string of the molecule is CC(=O)OC1=C(OC(C)=O)C(OC(C)=O)C(=O)c2cc3ccc(OC(C)=O)c(OC(C)=O)c3nc21.O=C1c2cc3ccc(O)c(O)c3nc2C(O)=C(O)C1O. The number of aliphatic hydroxyl groups excluding tert-OH is 3. The summed E-state index contributed by atoms with van der Waals surface area (Å²) in [5, 5.41) is 48.5. The number of benzene rings is 2. The number of nitrogens with zero attached hydrogens (tertiary/aromatic N) is 2. The first-order chi connectivity index (χ1) is 25.8. The van der Waals surface area contributed by atoms with Crippen LogP contribution in [0.5, 0.6) is 23.0 Å². The molecule has 0 spiro atoms. The number of phenols is 2. The first-order valence-electron chi connectivity index (χ1n) is 15.7. The molecule has 0 amide bonds. The molecule has 0 saturated heterocycles. The van der Waals surface area contributed by atoms with Gasteiger partial charge in [-0.15, -0.1) is 0 Å². The van der Waals surface area contributed by atoms with Crippen molar-refractivity contribution in [2.45, 2.75) is 46.8 Å². The van der Waals surface area contributed by atoms with Gasteiger partial charge in [0.25, 0.3) is 0 Å². The van der Waals surface area contributed by atoms with Gasteiger partial charge >= 0.3 is 29.8 Å². The van der Waals surface area contributed by atoms with Crippen molar-refractivity contribution in [3.63, 3.8) is 0 Å². The number of pyridine rings is 2. The number of Topliss-reactive ketones (excluding diaryl/α,β-unsaturated/α-hetero) is 2. The van der Waals surface area contributed by atoms with Gasteiger partial charge in [-0.3, -0.25) is 33.6 Å². The van der Waals surface area contributed by atoms with Crippen LogP contribution in [0.25, 0.3) is 33.3 Å². The van der Waals surface area contributed by atoms with Crippen LogP contribution in [-0.4, -0.2) is 89.1 Å². The van der Waals surface area contributed by atoms with Crippen molar-refractivity contribution in [1.29, 1.82) is 0 Å². The second kappa shape index (κ2) is 14.9. The Kier molecular flexibility index (Phi) is 10.5. The van der Waals surface area contributed by atoms with E-state index < -0.39 is 88.2 Å². The van der Waals surface area contributed by atoms with Gasteiger partial charge in [-0.05, 0) is 36.4 Å². The number of fused-ring (bicyclic) bond motifs is 4. The number of aliphatic hydroxyl groups is 3. The lowest BCUT2D eigenvalue weighted by atomic mass is 9.93. The summed E-state index contributed by atoms with van der Waals surface area (Å²) in [6, 6.07) is 8.06. The van der Waals surface area contributed by atoms with Crippen LogP contribution < -0.4 is 9.47 Å². The highest BCUT2D eigenvalue weighted by molar-refractivity contribution is 6.12. The summed E-state index contributed by atoms with van der Waals surface area (Å²) in [7, 11) is 0. The summed E-state index contributed by atoms with van der Waals surface area (Å²) in [6.45, 7) is 5.38. The quantitative estimate of drug-likeness (QED) is 0.0845. The lowest BCUT2D eigenvalue weighted by molar-refractivity contribution is -0.148. The Labute approximate surface area is 307 Å². The zero-order valence-corrected chi connectivity index (χ0v) is 29.1. The van der Waals surface area contributed by atoms with E-state index in [1.54, 1.807) is 0 Å². The second-order valence-electron chi connectivity index (χ2n) is 11.7. The summed E-state index contributed by atoms with van der Waals surface area (Å²) in [6.07, 6.45) is -3.57. The average Bonchev–Trinajstić information content (AvgIpc) is 3.10. The molecule has 0 saturated carbocycles.